The van der Waals surface area contributed by atoms with E-state index in [0.717, 1.165) is 6.42 Å². The van der Waals surface area contributed by atoms with Crippen LogP contribution in [0.4, 0.5) is 5.69 Å². The van der Waals surface area contributed by atoms with Crippen molar-refractivity contribution < 1.29 is 14.4 Å². The monoisotopic (exact) mass is 234 g/mol. The zero-order valence-electron chi connectivity index (χ0n) is 8.96. The summed E-state index contributed by atoms with van der Waals surface area (Å²) in [4.78, 5) is 10.0. The molecule has 0 radical (unpaired) electrons. The Morgan fingerprint density at radius 2 is 2.41 bits per heavy atom. The van der Waals surface area contributed by atoms with Gasteiger partial charge in [-0.15, -0.1) is 0 Å². The molecule has 1 heterocycles. The van der Waals surface area contributed by atoms with Crippen LogP contribution < -0.4 is 4.74 Å². The lowest BCUT2D eigenvalue weighted by Gasteiger charge is -2.12. The number of nitro benzene ring substituents is 1. The van der Waals surface area contributed by atoms with Crippen LogP contribution in [0.1, 0.15) is 12.0 Å². The number of ether oxygens (including phenoxy) is 2. The van der Waals surface area contributed by atoms with E-state index in [1.165, 1.54) is 18.2 Å². The maximum Gasteiger partial charge on any atom is 0.271 e. The fourth-order valence-electron chi connectivity index (χ4n) is 1.61. The number of nitrogens with zero attached hydrogens (tertiary/aromatic N) is 2. The van der Waals surface area contributed by atoms with Crippen LogP contribution in [0, 0.1) is 21.4 Å². The highest BCUT2D eigenvalue weighted by molar-refractivity contribution is 5.50. The van der Waals surface area contributed by atoms with Crippen molar-refractivity contribution in [1.29, 1.82) is 5.26 Å². The maximum absolute atomic E-state index is 10.6. The molecule has 0 saturated carbocycles. The molecule has 0 spiro atoms. The van der Waals surface area contributed by atoms with Gasteiger partial charge in [0.2, 0.25) is 0 Å². The molecule has 0 amide bonds. The van der Waals surface area contributed by atoms with Gasteiger partial charge in [0.15, 0.2) is 0 Å². The molecular weight excluding hydrogens is 224 g/mol. The zero-order chi connectivity index (χ0) is 12.3. The van der Waals surface area contributed by atoms with Gasteiger partial charge in [0.1, 0.15) is 23.5 Å². The highest BCUT2D eigenvalue weighted by Gasteiger charge is 2.19. The van der Waals surface area contributed by atoms with Crippen molar-refractivity contribution in [3.05, 3.63) is 33.9 Å². The summed E-state index contributed by atoms with van der Waals surface area (Å²) < 4.78 is 10.7. The van der Waals surface area contributed by atoms with E-state index < -0.39 is 4.92 Å². The lowest BCUT2D eigenvalue weighted by molar-refractivity contribution is -0.384. The summed E-state index contributed by atoms with van der Waals surface area (Å²) in [6.07, 6.45) is 0.686. The summed E-state index contributed by atoms with van der Waals surface area (Å²) >= 11 is 0. The lowest BCUT2D eigenvalue weighted by atomic mass is 10.2. The third-order valence-electron chi connectivity index (χ3n) is 2.48. The lowest BCUT2D eigenvalue weighted by Crippen LogP contribution is -2.16. The molecule has 2 rings (SSSR count). The predicted octanol–water partition coefficient (Wildman–Crippen LogP) is 1.63. The SMILES string of the molecule is N#Cc1cc([N+](=O)[O-])ccc1O[C@H]1CCOC1. The molecule has 0 bridgehead atoms. The molecule has 0 aliphatic carbocycles. The summed E-state index contributed by atoms with van der Waals surface area (Å²) in [7, 11) is 0. The van der Waals surface area contributed by atoms with E-state index in [2.05, 4.69) is 0 Å². The minimum Gasteiger partial charge on any atom is -0.487 e. The van der Waals surface area contributed by atoms with Crippen LogP contribution in [-0.4, -0.2) is 24.2 Å². The number of hydrogen-bond donors (Lipinski definition) is 0. The summed E-state index contributed by atoms with van der Waals surface area (Å²) in [6.45, 7) is 1.13. The highest BCUT2D eigenvalue weighted by Crippen LogP contribution is 2.25. The molecule has 0 unspecified atom stereocenters. The molecule has 6 nitrogen and oxygen atoms in total. The van der Waals surface area contributed by atoms with Crippen LogP contribution in [0.3, 0.4) is 0 Å². The van der Waals surface area contributed by atoms with E-state index in [4.69, 9.17) is 14.7 Å². The molecule has 6 heteroatoms. The normalized spacial score (nSPS) is 18.6. The topological polar surface area (TPSA) is 85.4 Å². The van der Waals surface area contributed by atoms with Crippen molar-refractivity contribution in [1.82, 2.24) is 0 Å². The van der Waals surface area contributed by atoms with Crippen molar-refractivity contribution in [3.63, 3.8) is 0 Å². The smallest absolute Gasteiger partial charge is 0.271 e. The van der Waals surface area contributed by atoms with E-state index in [1.807, 2.05) is 6.07 Å². The minimum absolute atomic E-state index is 0.0800. The molecule has 1 aliphatic rings. The van der Waals surface area contributed by atoms with Gasteiger partial charge >= 0.3 is 0 Å². The second kappa shape index (κ2) is 4.80. The standard InChI is InChI=1S/C11H10N2O4/c12-6-8-5-9(13(14)15)1-2-11(8)17-10-3-4-16-7-10/h1-2,5,10H,3-4,7H2/t10-/m0/s1. The first-order chi connectivity index (χ1) is 8.20. The Bertz CT molecular complexity index is 475. The fourth-order valence-corrected chi connectivity index (χ4v) is 1.61. The maximum atomic E-state index is 10.6. The average Bonchev–Trinajstić information content (AvgIpc) is 2.82. The van der Waals surface area contributed by atoms with Gasteiger partial charge in [-0.05, 0) is 6.07 Å². The Morgan fingerprint density at radius 1 is 1.59 bits per heavy atom. The number of nitro groups is 1. The quantitative estimate of drug-likeness (QED) is 0.586. The van der Waals surface area contributed by atoms with Gasteiger partial charge in [-0.2, -0.15) is 5.26 Å². The number of nitriles is 1. The molecule has 88 valence electrons. The van der Waals surface area contributed by atoms with E-state index in [0.29, 0.717) is 19.0 Å². The molecular formula is C11H10N2O4. The molecule has 1 atom stereocenters. The summed E-state index contributed by atoms with van der Waals surface area (Å²) in [6, 6.07) is 5.89. The third kappa shape index (κ3) is 2.52. The largest absolute Gasteiger partial charge is 0.487 e. The van der Waals surface area contributed by atoms with E-state index >= 15 is 0 Å². The van der Waals surface area contributed by atoms with E-state index in [1.54, 1.807) is 0 Å². The van der Waals surface area contributed by atoms with Gasteiger partial charge in [-0.3, -0.25) is 10.1 Å². The van der Waals surface area contributed by atoms with Crippen LogP contribution in [0.2, 0.25) is 0 Å². The Kier molecular flexibility index (Phi) is 3.21. The molecule has 1 aromatic rings. The molecule has 0 N–H and O–H groups in total. The van der Waals surface area contributed by atoms with Crippen molar-refractivity contribution >= 4 is 5.69 Å². The molecule has 1 aliphatic heterocycles. The molecule has 0 aromatic heterocycles. The summed E-state index contributed by atoms with van der Waals surface area (Å²) in [5, 5.41) is 19.5. The fraction of sp³-hybridized carbons (Fsp3) is 0.364. The second-order valence-corrected chi connectivity index (χ2v) is 3.65. The van der Waals surface area contributed by atoms with Gasteiger partial charge < -0.3 is 9.47 Å². The van der Waals surface area contributed by atoms with Crippen LogP contribution in [-0.2, 0) is 4.74 Å². The Hall–Kier alpha value is -2.13. The zero-order valence-corrected chi connectivity index (χ0v) is 8.96. The van der Waals surface area contributed by atoms with Crippen molar-refractivity contribution in [2.24, 2.45) is 0 Å². The first kappa shape index (κ1) is 11.4. The van der Waals surface area contributed by atoms with Crippen molar-refractivity contribution in [2.45, 2.75) is 12.5 Å². The van der Waals surface area contributed by atoms with Gasteiger partial charge in [0.05, 0.1) is 18.1 Å². The summed E-state index contributed by atoms with van der Waals surface area (Å²) in [5.74, 6) is 0.369. The Morgan fingerprint density at radius 3 is 3.00 bits per heavy atom. The number of rotatable bonds is 3. The number of benzene rings is 1. The van der Waals surface area contributed by atoms with Crippen LogP contribution in [0.5, 0.6) is 5.75 Å². The average molecular weight is 234 g/mol. The molecule has 1 saturated heterocycles. The number of non-ortho nitro benzene ring substituents is 1. The minimum atomic E-state index is -0.538. The van der Waals surface area contributed by atoms with E-state index in [9.17, 15) is 10.1 Å². The van der Waals surface area contributed by atoms with Crippen molar-refractivity contribution in [3.8, 4) is 11.8 Å². The first-order valence-electron chi connectivity index (χ1n) is 5.13. The van der Waals surface area contributed by atoms with Gasteiger partial charge in [-0.25, -0.2) is 0 Å². The molecule has 1 aromatic carbocycles. The summed E-state index contributed by atoms with van der Waals surface area (Å²) in [5.41, 5.74) is 0.0580. The van der Waals surface area contributed by atoms with Crippen LogP contribution in [0.25, 0.3) is 0 Å². The van der Waals surface area contributed by atoms with Gasteiger partial charge in [-0.1, -0.05) is 0 Å². The van der Waals surface area contributed by atoms with Gasteiger partial charge in [0.25, 0.3) is 5.69 Å². The number of hydrogen-bond acceptors (Lipinski definition) is 5. The highest BCUT2D eigenvalue weighted by atomic mass is 16.6. The predicted molar refractivity (Wildman–Crippen MR) is 57.7 cm³/mol. The van der Waals surface area contributed by atoms with Crippen LogP contribution in [0.15, 0.2) is 18.2 Å². The molecule has 1 fully saturated rings. The van der Waals surface area contributed by atoms with Crippen molar-refractivity contribution in [2.75, 3.05) is 13.2 Å². The first-order valence-corrected chi connectivity index (χ1v) is 5.13. The van der Waals surface area contributed by atoms with Gasteiger partial charge in [0, 0.05) is 18.6 Å². The molecule has 17 heavy (non-hydrogen) atoms. The second-order valence-electron chi connectivity index (χ2n) is 3.65. The van der Waals surface area contributed by atoms with Crippen LogP contribution >= 0.6 is 0 Å². The van der Waals surface area contributed by atoms with E-state index in [-0.39, 0.29) is 17.4 Å². The third-order valence-corrected chi connectivity index (χ3v) is 2.48. The Balaban J connectivity index is 2.22. The Labute approximate surface area is 97.5 Å².